The summed E-state index contributed by atoms with van der Waals surface area (Å²) < 4.78 is 0. The fraction of sp³-hybridized carbons (Fsp3) is 0.0667. The van der Waals surface area contributed by atoms with Crippen molar-refractivity contribution < 1.29 is 24.9 Å². The molecule has 0 aliphatic carbocycles. The number of amides is 2. The number of carbonyl (C=O) groups excluding carboxylic acids is 2. The van der Waals surface area contributed by atoms with Gasteiger partial charge in [-0.05, 0) is 23.8 Å². The lowest BCUT2D eigenvalue weighted by Crippen LogP contribution is -2.42. The van der Waals surface area contributed by atoms with Gasteiger partial charge in [0, 0.05) is 6.07 Å². The minimum absolute atomic E-state index is 0.0313. The summed E-state index contributed by atoms with van der Waals surface area (Å²) in [6.07, 6.45) is -0.0572. The first-order valence-corrected chi connectivity index (χ1v) is 6.55. The highest BCUT2D eigenvalue weighted by molar-refractivity contribution is 5.99. The average molecular weight is 317 g/mol. The lowest BCUT2D eigenvalue weighted by atomic mass is 10.1. The number of nitrogens with two attached hydrogens (primary N) is 1. The molecule has 2 aromatic rings. The van der Waals surface area contributed by atoms with E-state index in [0.29, 0.717) is 5.56 Å². The van der Waals surface area contributed by atoms with Gasteiger partial charge in [0.15, 0.2) is 0 Å². The van der Waals surface area contributed by atoms with Crippen LogP contribution in [-0.2, 0) is 11.2 Å². The van der Waals surface area contributed by atoms with Crippen LogP contribution in [0.1, 0.15) is 15.9 Å². The SMILES string of the molecule is Nc1cc(C(=O)NNC(=O)Cc2cccc(O)c2)c(O)cc1O. The van der Waals surface area contributed by atoms with E-state index < -0.39 is 17.6 Å². The minimum Gasteiger partial charge on any atom is -0.508 e. The molecule has 8 heteroatoms. The summed E-state index contributed by atoms with van der Waals surface area (Å²) in [4.78, 5) is 23.6. The molecule has 0 unspecified atom stereocenters. The smallest absolute Gasteiger partial charge is 0.273 e. The number of anilines is 1. The summed E-state index contributed by atoms with van der Waals surface area (Å²) in [5, 5.41) is 28.2. The van der Waals surface area contributed by atoms with Crippen LogP contribution < -0.4 is 16.6 Å². The zero-order valence-corrected chi connectivity index (χ0v) is 11.9. The molecular formula is C15H15N3O5. The number of benzene rings is 2. The molecular weight excluding hydrogens is 302 g/mol. The second-order valence-corrected chi connectivity index (χ2v) is 4.78. The second-order valence-electron chi connectivity index (χ2n) is 4.78. The number of nitrogens with one attached hydrogen (secondary N) is 2. The standard InChI is InChI=1S/C15H15N3O5/c16-11-6-10(12(20)7-13(11)21)15(23)18-17-14(22)5-8-2-1-3-9(19)4-8/h1-4,6-7,19-21H,5,16H2,(H,17,22)(H,18,23). The van der Waals surface area contributed by atoms with Gasteiger partial charge in [0.25, 0.3) is 5.91 Å². The summed E-state index contributed by atoms with van der Waals surface area (Å²) in [6.45, 7) is 0. The van der Waals surface area contributed by atoms with Crippen LogP contribution in [0.3, 0.4) is 0 Å². The fourth-order valence-electron chi connectivity index (χ4n) is 1.87. The Kier molecular flexibility index (Phi) is 4.55. The van der Waals surface area contributed by atoms with Crippen LogP contribution in [0.15, 0.2) is 36.4 Å². The van der Waals surface area contributed by atoms with Gasteiger partial charge < -0.3 is 21.1 Å². The van der Waals surface area contributed by atoms with Crippen LogP contribution >= 0.6 is 0 Å². The number of nitrogen functional groups attached to an aromatic ring is 1. The number of hydrogen-bond acceptors (Lipinski definition) is 6. The van der Waals surface area contributed by atoms with Crippen LogP contribution in [0.4, 0.5) is 5.69 Å². The quantitative estimate of drug-likeness (QED) is 0.209. The van der Waals surface area contributed by atoms with Crippen molar-refractivity contribution in [2.75, 3.05) is 5.73 Å². The van der Waals surface area contributed by atoms with Crippen molar-refractivity contribution in [1.29, 1.82) is 0 Å². The molecule has 2 amide bonds. The highest BCUT2D eigenvalue weighted by Crippen LogP contribution is 2.28. The molecule has 0 fully saturated rings. The number of hydrogen-bond donors (Lipinski definition) is 6. The van der Waals surface area contributed by atoms with Gasteiger partial charge in [-0.25, -0.2) is 0 Å². The molecule has 0 spiro atoms. The molecule has 2 rings (SSSR count). The van der Waals surface area contributed by atoms with Gasteiger partial charge in [0.05, 0.1) is 17.7 Å². The van der Waals surface area contributed by atoms with Gasteiger partial charge in [-0.2, -0.15) is 0 Å². The fourth-order valence-corrected chi connectivity index (χ4v) is 1.87. The maximum atomic E-state index is 11.9. The predicted octanol–water partition coefficient (Wildman–Crippen LogP) is 0.389. The molecule has 0 aliphatic heterocycles. The topological polar surface area (TPSA) is 145 Å². The van der Waals surface area contributed by atoms with E-state index in [1.54, 1.807) is 12.1 Å². The monoisotopic (exact) mass is 317 g/mol. The van der Waals surface area contributed by atoms with E-state index in [1.165, 1.54) is 12.1 Å². The molecule has 0 radical (unpaired) electrons. The number of rotatable bonds is 3. The Morgan fingerprint density at radius 3 is 2.43 bits per heavy atom. The van der Waals surface area contributed by atoms with Crippen molar-refractivity contribution in [1.82, 2.24) is 10.9 Å². The first-order chi connectivity index (χ1) is 10.9. The molecule has 0 saturated heterocycles. The van der Waals surface area contributed by atoms with E-state index in [4.69, 9.17) is 5.73 Å². The predicted molar refractivity (Wildman–Crippen MR) is 81.6 cm³/mol. The molecule has 120 valence electrons. The third-order valence-corrected chi connectivity index (χ3v) is 2.98. The normalized spacial score (nSPS) is 10.1. The van der Waals surface area contributed by atoms with Gasteiger partial charge in [-0.3, -0.25) is 20.4 Å². The van der Waals surface area contributed by atoms with Crippen molar-refractivity contribution in [2.24, 2.45) is 0 Å². The molecule has 0 heterocycles. The molecule has 23 heavy (non-hydrogen) atoms. The summed E-state index contributed by atoms with van der Waals surface area (Å²) in [5.74, 6) is -2.11. The largest absolute Gasteiger partial charge is 0.508 e. The number of phenols is 3. The van der Waals surface area contributed by atoms with Gasteiger partial charge in [-0.1, -0.05) is 12.1 Å². The van der Waals surface area contributed by atoms with E-state index >= 15 is 0 Å². The first-order valence-electron chi connectivity index (χ1n) is 6.55. The van der Waals surface area contributed by atoms with Crippen molar-refractivity contribution >= 4 is 17.5 Å². The summed E-state index contributed by atoms with van der Waals surface area (Å²) in [5.41, 5.74) is 10.0. The Morgan fingerprint density at radius 1 is 1.00 bits per heavy atom. The van der Waals surface area contributed by atoms with Crippen molar-refractivity contribution in [3.63, 3.8) is 0 Å². The lowest BCUT2D eigenvalue weighted by Gasteiger charge is -2.10. The first kappa shape index (κ1) is 16.0. The molecule has 2 aromatic carbocycles. The van der Waals surface area contributed by atoms with Crippen molar-refractivity contribution in [3.8, 4) is 17.2 Å². The third kappa shape index (κ3) is 4.03. The molecule has 0 bridgehead atoms. The van der Waals surface area contributed by atoms with Gasteiger partial charge in [0.2, 0.25) is 5.91 Å². The number of carbonyl (C=O) groups is 2. The van der Waals surface area contributed by atoms with Crippen molar-refractivity contribution in [3.05, 3.63) is 47.5 Å². The maximum Gasteiger partial charge on any atom is 0.273 e. The zero-order chi connectivity index (χ0) is 17.0. The number of aromatic hydroxyl groups is 3. The summed E-state index contributed by atoms with van der Waals surface area (Å²) in [7, 11) is 0. The number of phenolic OH excluding ortho intramolecular Hbond substituents is 3. The van der Waals surface area contributed by atoms with E-state index in [-0.39, 0.29) is 29.2 Å². The van der Waals surface area contributed by atoms with Crippen LogP contribution in [0.2, 0.25) is 0 Å². The van der Waals surface area contributed by atoms with Gasteiger partial charge in [0.1, 0.15) is 17.2 Å². The highest BCUT2D eigenvalue weighted by Gasteiger charge is 2.15. The van der Waals surface area contributed by atoms with Gasteiger partial charge in [-0.15, -0.1) is 0 Å². The Bertz CT molecular complexity index is 761. The molecule has 0 atom stereocenters. The molecule has 8 nitrogen and oxygen atoms in total. The molecule has 0 aromatic heterocycles. The van der Waals surface area contributed by atoms with E-state index in [1.807, 2.05) is 0 Å². The maximum absolute atomic E-state index is 11.9. The average Bonchev–Trinajstić information content (AvgIpc) is 2.48. The van der Waals surface area contributed by atoms with Crippen LogP contribution in [0.25, 0.3) is 0 Å². The van der Waals surface area contributed by atoms with Crippen LogP contribution in [-0.4, -0.2) is 27.1 Å². The Morgan fingerprint density at radius 2 is 1.74 bits per heavy atom. The van der Waals surface area contributed by atoms with E-state index in [9.17, 15) is 24.9 Å². The van der Waals surface area contributed by atoms with E-state index in [2.05, 4.69) is 10.9 Å². The third-order valence-electron chi connectivity index (χ3n) is 2.98. The Balaban J connectivity index is 1.96. The Hall–Kier alpha value is -3.42. The zero-order valence-electron chi connectivity index (χ0n) is 11.9. The summed E-state index contributed by atoms with van der Waals surface area (Å²) in [6, 6.07) is 8.15. The van der Waals surface area contributed by atoms with E-state index in [0.717, 1.165) is 12.1 Å². The summed E-state index contributed by atoms with van der Waals surface area (Å²) >= 11 is 0. The molecule has 0 aliphatic rings. The number of hydrazine groups is 1. The van der Waals surface area contributed by atoms with Crippen molar-refractivity contribution in [2.45, 2.75) is 6.42 Å². The highest BCUT2D eigenvalue weighted by atomic mass is 16.3. The van der Waals surface area contributed by atoms with Crippen LogP contribution in [0.5, 0.6) is 17.2 Å². The Labute approximate surface area is 131 Å². The lowest BCUT2D eigenvalue weighted by molar-refractivity contribution is -0.121. The molecule has 7 N–H and O–H groups in total. The van der Waals surface area contributed by atoms with Crippen LogP contribution in [0, 0.1) is 0 Å². The molecule has 0 saturated carbocycles. The minimum atomic E-state index is -0.793. The van der Waals surface area contributed by atoms with Gasteiger partial charge >= 0.3 is 0 Å². The second kappa shape index (κ2) is 6.56.